The normalized spacial score (nSPS) is 25.5. The first kappa shape index (κ1) is 18.5. The summed E-state index contributed by atoms with van der Waals surface area (Å²) < 4.78 is 7.51. The number of aliphatic hydroxyl groups is 3. The zero-order valence-electron chi connectivity index (χ0n) is 14.4. The summed E-state index contributed by atoms with van der Waals surface area (Å²) in [5.41, 5.74) is 0.997. The third-order valence-corrected chi connectivity index (χ3v) is 4.59. The highest BCUT2D eigenvalue weighted by Crippen LogP contribution is 2.27. The van der Waals surface area contributed by atoms with Crippen LogP contribution in [0.2, 0.25) is 0 Å². The molecule has 2 unspecified atom stereocenters. The molecule has 140 valence electrons. The molecule has 4 atom stereocenters. The van der Waals surface area contributed by atoms with Gasteiger partial charge in [-0.25, -0.2) is 4.79 Å². The van der Waals surface area contributed by atoms with Gasteiger partial charge in [-0.15, -0.1) is 0 Å². The fourth-order valence-corrected chi connectivity index (χ4v) is 3.15. The molecular formula is C18H22N2O6. The van der Waals surface area contributed by atoms with Crippen molar-refractivity contribution >= 4 is 0 Å². The van der Waals surface area contributed by atoms with E-state index in [2.05, 4.69) is 0 Å². The summed E-state index contributed by atoms with van der Waals surface area (Å²) in [6.07, 6.45) is -3.13. The summed E-state index contributed by atoms with van der Waals surface area (Å²) in [4.78, 5) is 24.8. The Morgan fingerprint density at radius 2 is 1.92 bits per heavy atom. The van der Waals surface area contributed by atoms with Crippen LogP contribution < -0.4 is 11.2 Å². The Kier molecular flexibility index (Phi) is 5.38. The zero-order chi connectivity index (χ0) is 18.8. The van der Waals surface area contributed by atoms with Gasteiger partial charge in [0.2, 0.25) is 0 Å². The first-order valence-electron chi connectivity index (χ1n) is 8.42. The Hall–Kier alpha value is -2.26. The highest BCUT2D eigenvalue weighted by molar-refractivity contribution is 5.22. The Balaban J connectivity index is 1.87. The highest BCUT2D eigenvalue weighted by atomic mass is 16.6. The smallest absolute Gasteiger partial charge is 0.333 e. The van der Waals surface area contributed by atoms with Gasteiger partial charge >= 0.3 is 5.69 Å². The molecule has 0 spiro atoms. The molecule has 1 saturated heterocycles. The predicted molar refractivity (Wildman–Crippen MR) is 92.9 cm³/mol. The van der Waals surface area contributed by atoms with Crippen molar-refractivity contribution < 1.29 is 20.1 Å². The average Bonchev–Trinajstić information content (AvgIpc) is 2.90. The summed E-state index contributed by atoms with van der Waals surface area (Å²) in [6.45, 7) is 1.65. The summed E-state index contributed by atoms with van der Waals surface area (Å²) in [5.74, 6) is 0. The summed E-state index contributed by atoms with van der Waals surface area (Å²) in [7, 11) is 0. The second-order valence-corrected chi connectivity index (χ2v) is 6.46. The molecule has 3 rings (SSSR count). The van der Waals surface area contributed by atoms with Crippen LogP contribution in [0.25, 0.3) is 0 Å². The molecule has 1 aromatic heterocycles. The van der Waals surface area contributed by atoms with Gasteiger partial charge in [-0.2, -0.15) is 0 Å². The Morgan fingerprint density at radius 1 is 1.15 bits per heavy atom. The van der Waals surface area contributed by atoms with E-state index in [9.17, 15) is 24.9 Å². The molecule has 0 aliphatic carbocycles. The fourth-order valence-electron chi connectivity index (χ4n) is 3.15. The Labute approximate surface area is 149 Å². The van der Waals surface area contributed by atoms with E-state index in [4.69, 9.17) is 4.74 Å². The van der Waals surface area contributed by atoms with Crippen LogP contribution in [0, 0.1) is 6.92 Å². The summed E-state index contributed by atoms with van der Waals surface area (Å²) >= 11 is 0. The van der Waals surface area contributed by atoms with E-state index in [0.29, 0.717) is 6.42 Å². The number of hydrogen-bond donors (Lipinski definition) is 3. The van der Waals surface area contributed by atoms with E-state index in [-0.39, 0.29) is 6.54 Å². The number of hydrogen-bond acceptors (Lipinski definition) is 6. The summed E-state index contributed by atoms with van der Waals surface area (Å²) in [5, 5.41) is 29.1. The maximum Gasteiger partial charge on any atom is 0.333 e. The lowest BCUT2D eigenvalue weighted by Crippen LogP contribution is -2.43. The van der Waals surface area contributed by atoms with Crippen LogP contribution in [-0.2, 0) is 17.7 Å². The number of ether oxygens (including phenoxy) is 1. The maximum absolute atomic E-state index is 12.7. The van der Waals surface area contributed by atoms with Gasteiger partial charge in [0.15, 0.2) is 6.23 Å². The monoisotopic (exact) mass is 362 g/mol. The van der Waals surface area contributed by atoms with Gasteiger partial charge in [0.05, 0.1) is 6.61 Å². The first-order chi connectivity index (χ1) is 12.4. The minimum absolute atomic E-state index is 0.177. The molecule has 8 nitrogen and oxygen atoms in total. The fraction of sp³-hybridized carbons (Fsp3) is 0.444. The van der Waals surface area contributed by atoms with Gasteiger partial charge in [0, 0.05) is 18.8 Å². The van der Waals surface area contributed by atoms with Gasteiger partial charge in [0.1, 0.15) is 18.3 Å². The van der Waals surface area contributed by atoms with Crippen molar-refractivity contribution in [1.82, 2.24) is 9.13 Å². The molecule has 2 heterocycles. The number of aromatic nitrogens is 2. The van der Waals surface area contributed by atoms with E-state index in [1.165, 1.54) is 12.3 Å². The van der Waals surface area contributed by atoms with E-state index in [1.807, 2.05) is 31.2 Å². The predicted octanol–water partition coefficient (Wildman–Crippen LogP) is -0.827. The van der Waals surface area contributed by atoms with Crippen LogP contribution in [-0.4, -0.2) is 49.4 Å². The van der Waals surface area contributed by atoms with Crippen molar-refractivity contribution in [1.29, 1.82) is 0 Å². The van der Waals surface area contributed by atoms with E-state index >= 15 is 0 Å². The maximum atomic E-state index is 12.7. The van der Waals surface area contributed by atoms with Crippen molar-refractivity contribution in [3.05, 3.63) is 68.5 Å². The second-order valence-electron chi connectivity index (χ2n) is 6.46. The zero-order valence-corrected chi connectivity index (χ0v) is 14.4. The lowest BCUT2D eigenvalue weighted by atomic mass is 10.1. The minimum atomic E-state index is -1.38. The molecule has 0 radical (unpaired) electrons. The topological polar surface area (TPSA) is 114 Å². The molecule has 1 aliphatic heterocycles. The van der Waals surface area contributed by atoms with Gasteiger partial charge < -0.3 is 20.1 Å². The average molecular weight is 362 g/mol. The summed E-state index contributed by atoms with van der Waals surface area (Å²) in [6, 6.07) is 9.00. The number of benzene rings is 1. The van der Waals surface area contributed by atoms with Crippen LogP contribution in [0.1, 0.15) is 17.4 Å². The molecule has 2 aromatic rings. The first-order valence-corrected chi connectivity index (χ1v) is 8.42. The van der Waals surface area contributed by atoms with Crippen LogP contribution >= 0.6 is 0 Å². The standard InChI is InChI=1S/C18H22N2O6/c1-11-3-2-4-12(9-11)5-7-19-14(22)6-8-20(18(19)25)17-16(24)15(23)13(10-21)26-17/h2-4,6,8-9,13,15-17,21,23-24H,5,7,10H2,1H3/t13-,15?,16?,17-/m1/s1. The largest absolute Gasteiger partial charge is 0.394 e. The van der Waals surface area contributed by atoms with Gasteiger partial charge in [-0.05, 0) is 18.9 Å². The van der Waals surface area contributed by atoms with E-state index in [0.717, 1.165) is 20.3 Å². The van der Waals surface area contributed by atoms with Crippen molar-refractivity contribution in [2.45, 2.75) is 44.4 Å². The molecule has 0 amide bonds. The quantitative estimate of drug-likeness (QED) is 0.640. The van der Waals surface area contributed by atoms with Crippen molar-refractivity contribution in [3.8, 4) is 0 Å². The van der Waals surface area contributed by atoms with E-state index < -0.39 is 42.4 Å². The molecule has 3 N–H and O–H groups in total. The van der Waals surface area contributed by atoms with Crippen LogP contribution in [0.3, 0.4) is 0 Å². The van der Waals surface area contributed by atoms with Crippen molar-refractivity contribution in [3.63, 3.8) is 0 Å². The van der Waals surface area contributed by atoms with Crippen LogP contribution in [0.15, 0.2) is 46.1 Å². The lowest BCUT2D eigenvalue weighted by molar-refractivity contribution is -0.0556. The Morgan fingerprint density at radius 3 is 2.58 bits per heavy atom. The SMILES string of the molecule is Cc1cccc(CCn2c(=O)ccn([C@@H]3O[C@H](CO)C(O)C3O)c2=O)c1. The van der Waals surface area contributed by atoms with Crippen LogP contribution in [0.5, 0.6) is 0 Å². The van der Waals surface area contributed by atoms with Gasteiger partial charge in [-0.1, -0.05) is 29.8 Å². The Bertz CT molecular complexity index is 890. The van der Waals surface area contributed by atoms with E-state index in [1.54, 1.807) is 0 Å². The second kappa shape index (κ2) is 7.55. The van der Waals surface area contributed by atoms with Gasteiger partial charge in [-0.3, -0.25) is 13.9 Å². The lowest BCUT2D eigenvalue weighted by Gasteiger charge is -2.18. The molecule has 8 heteroatoms. The highest BCUT2D eigenvalue weighted by Gasteiger charge is 2.43. The molecule has 1 aromatic carbocycles. The molecule has 0 bridgehead atoms. The molecular weight excluding hydrogens is 340 g/mol. The number of nitrogens with zero attached hydrogens (tertiary/aromatic N) is 2. The van der Waals surface area contributed by atoms with Crippen molar-refractivity contribution in [2.75, 3.05) is 6.61 Å². The molecule has 0 saturated carbocycles. The van der Waals surface area contributed by atoms with Gasteiger partial charge in [0.25, 0.3) is 5.56 Å². The number of rotatable bonds is 5. The molecule has 1 aliphatic rings. The minimum Gasteiger partial charge on any atom is -0.394 e. The molecule has 1 fully saturated rings. The number of aryl methyl sites for hydroxylation is 2. The van der Waals surface area contributed by atoms with Crippen molar-refractivity contribution in [2.24, 2.45) is 0 Å². The van der Waals surface area contributed by atoms with Crippen LogP contribution in [0.4, 0.5) is 0 Å². The molecule has 26 heavy (non-hydrogen) atoms. The number of aliphatic hydroxyl groups excluding tert-OH is 3. The third kappa shape index (κ3) is 3.49. The third-order valence-electron chi connectivity index (χ3n) is 4.59.